The number of anilines is 2. The first-order valence-corrected chi connectivity index (χ1v) is 10.3. The number of hydrogen-bond acceptors (Lipinski definition) is 9. The molecule has 9 nitrogen and oxygen atoms in total. The average Bonchev–Trinajstić information content (AvgIpc) is 2.81. The van der Waals surface area contributed by atoms with Crippen molar-refractivity contribution in [2.75, 3.05) is 33.8 Å². The summed E-state index contributed by atoms with van der Waals surface area (Å²) in [5.41, 5.74) is 1.35. The van der Waals surface area contributed by atoms with E-state index in [0.29, 0.717) is 39.6 Å². The first-order valence-electron chi connectivity index (χ1n) is 9.27. The summed E-state index contributed by atoms with van der Waals surface area (Å²) in [6.45, 7) is 0. The minimum absolute atomic E-state index is 0.116. The highest BCUT2D eigenvalue weighted by Gasteiger charge is 2.13. The van der Waals surface area contributed by atoms with Crippen molar-refractivity contribution in [1.82, 2.24) is 14.8 Å². The van der Waals surface area contributed by atoms with E-state index in [1.165, 1.54) is 16.3 Å². The summed E-state index contributed by atoms with van der Waals surface area (Å²) in [5.74, 6) is 3.15. The van der Waals surface area contributed by atoms with Gasteiger partial charge in [0.2, 0.25) is 5.82 Å². The average molecular weight is 445 g/mol. The molecule has 1 heterocycles. The molecule has 164 valence electrons. The van der Waals surface area contributed by atoms with Crippen LogP contribution in [0.25, 0.3) is 0 Å². The Morgan fingerprint density at radius 2 is 1.48 bits per heavy atom. The first kappa shape index (κ1) is 22.3. The van der Waals surface area contributed by atoms with Crippen molar-refractivity contribution in [3.63, 3.8) is 0 Å². The molecule has 0 fully saturated rings. The maximum atomic E-state index is 12.8. The monoisotopic (exact) mass is 444 g/mol. The number of nitrogens with one attached hydrogen (secondary N) is 1. The molecule has 10 heteroatoms. The number of methoxy groups -OCH3 is 4. The van der Waals surface area contributed by atoms with Crippen LogP contribution in [0.15, 0.2) is 46.3 Å². The predicted molar refractivity (Wildman–Crippen MR) is 119 cm³/mol. The summed E-state index contributed by atoms with van der Waals surface area (Å²) in [5, 5.41) is 11.8. The molecule has 0 aliphatic rings. The lowest BCUT2D eigenvalue weighted by atomic mass is 10.2. The van der Waals surface area contributed by atoms with Crippen LogP contribution in [0.1, 0.15) is 5.56 Å². The third-order valence-corrected chi connectivity index (χ3v) is 5.58. The molecule has 1 aromatic heterocycles. The summed E-state index contributed by atoms with van der Waals surface area (Å²) in [7, 11) is 7.95. The highest BCUT2D eigenvalue weighted by Crippen LogP contribution is 2.31. The lowest BCUT2D eigenvalue weighted by Gasteiger charge is -2.12. The number of ether oxygens (including phenoxy) is 4. The van der Waals surface area contributed by atoms with Gasteiger partial charge in [-0.05, 0) is 29.8 Å². The zero-order chi connectivity index (χ0) is 22.4. The smallest absolute Gasteiger partial charge is 0.297 e. The number of rotatable bonds is 9. The highest BCUT2D eigenvalue weighted by molar-refractivity contribution is 7.98. The minimum Gasteiger partial charge on any atom is -0.493 e. The number of benzene rings is 2. The van der Waals surface area contributed by atoms with Gasteiger partial charge in [-0.2, -0.15) is 0 Å². The van der Waals surface area contributed by atoms with Crippen LogP contribution >= 0.6 is 11.8 Å². The molecule has 0 saturated heterocycles. The van der Waals surface area contributed by atoms with Gasteiger partial charge in [0.15, 0.2) is 28.2 Å². The van der Waals surface area contributed by atoms with Crippen molar-refractivity contribution in [3.8, 4) is 23.0 Å². The van der Waals surface area contributed by atoms with Gasteiger partial charge < -0.3 is 24.3 Å². The van der Waals surface area contributed by atoms with Crippen LogP contribution < -0.4 is 29.8 Å². The molecule has 0 spiro atoms. The zero-order valence-corrected chi connectivity index (χ0v) is 18.8. The Morgan fingerprint density at radius 1 is 0.871 bits per heavy atom. The number of hydrogen-bond donors (Lipinski definition) is 1. The molecule has 0 saturated carbocycles. The van der Waals surface area contributed by atoms with Gasteiger partial charge in [-0.1, -0.05) is 17.8 Å². The normalized spacial score (nSPS) is 10.5. The van der Waals surface area contributed by atoms with E-state index in [1.807, 2.05) is 18.2 Å². The van der Waals surface area contributed by atoms with Gasteiger partial charge >= 0.3 is 0 Å². The Morgan fingerprint density at radius 3 is 2.13 bits per heavy atom. The van der Waals surface area contributed by atoms with Gasteiger partial charge in [0, 0.05) is 24.6 Å². The molecular weight excluding hydrogens is 420 g/mol. The minimum atomic E-state index is -0.292. The Bertz CT molecular complexity index is 1120. The van der Waals surface area contributed by atoms with Gasteiger partial charge in [-0.15, -0.1) is 10.2 Å². The number of nitrogens with zero attached hydrogens (tertiary/aromatic N) is 3. The summed E-state index contributed by atoms with van der Waals surface area (Å²) < 4.78 is 22.6. The van der Waals surface area contributed by atoms with Crippen molar-refractivity contribution in [2.24, 2.45) is 7.05 Å². The van der Waals surface area contributed by atoms with Gasteiger partial charge in [0.05, 0.1) is 28.4 Å². The second kappa shape index (κ2) is 10.1. The molecule has 0 atom stereocenters. The standard InChI is InChI=1S/C21H24N4O5S/c1-25-20(26)19(22-14-7-9-16(28-3)18(11-14)30-5)23-24-21(25)31-12-13-6-8-15(27-2)17(10-13)29-4/h6-11H,12H2,1-5H3,(H,22,23). The van der Waals surface area contributed by atoms with E-state index >= 15 is 0 Å². The molecule has 31 heavy (non-hydrogen) atoms. The molecular formula is C21H24N4O5S. The largest absolute Gasteiger partial charge is 0.493 e. The molecule has 2 aromatic carbocycles. The Balaban J connectivity index is 1.76. The van der Waals surface area contributed by atoms with Gasteiger partial charge in [0.1, 0.15) is 0 Å². The molecule has 0 radical (unpaired) electrons. The van der Waals surface area contributed by atoms with Crippen molar-refractivity contribution in [2.45, 2.75) is 10.9 Å². The van der Waals surface area contributed by atoms with E-state index in [4.69, 9.17) is 18.9 Å². The van der Waals surface area contributed by atoms with Crippen molar-refractivity contribution >= 4 is 23.3 Å². The number of thioether (sulfide) groups is 1. The molecule has 0 bridgehead atoms. The maximum Gasteiger partial charge on any atom is 0.297 e. The quantitative estimate of drug-likeness (QED) is 0.499. The molecule has 0 amide bonds. The molecule has 3 rings (SSSR count). The fourth-order valence-corrected chi connectivity index (χ4v) is 3.67. The van der Waals surface area contributed by atoms with E-state index in [1.54, 1.807) is 53.7 Å². The molecule has 0 unspecified atom stereocenters. The lowest BCUT2D eigenvalue weighted by molar-refractivity contribution is 0.354. The number of aromatic nitrogens is 3. The Hall–Kier alpha value is -3.40. The highest BCUT2D eigenvalue weighted by atomic mass is 32.2. The van der Waals surface area contributed by atoms with Crippen LogP contribution in [-0.2, 0) is 12.8 Å². The third-order valence-electron chi connectivity index (χ3n) is 4.49. The van der Waals surface area contributed by atoms with Crippen LogP contribution in [0.2, 0.25) is 0 Å². The van der Waals surface area contributed by atoms with E-state index in [0.717, 1.165) is 5.56 Å². The van der Waals surface area contributed by atoms with Crippen LogP contribution in [0.3, 0.4) is 0 Å². The van der Waals surface area contributed by atoms with E-state index in [2.05, 4.69) is 15.5 Å². The second-order valence-electron chi connectivity index (χ2n) is 6.37. The SMILES string of the molecule is COc1ccc(CSc2nnc(Nc3ccc(OC)c(OC)c3)c(=O)n2C)cc1OC. The fraction of sp³-hybridized carbons (Fsp3) is 0.286. The van der Waals surface area contributed by atoms with E-state index in [-0.39, 0.29) is 11.4 Å². The Kier molecular flexibility index (Phi) is 7.24. The van der Waals surface area contributed by atoms with Gasteiger partial charge in [-0.3, -0.25) is 9.36 Å². The maximum absolute atomic E-state index is 12.8. The van der Waals surface area contributed by atoms with Crippen molar-refractivity contribution < 1.29 is 18.9 Å². The predicted octanol–water partition coefficient (Wildman–Crippen LogP) is 3.25. The van der Waals surface area contributed by atoms with Crippen LogP contribution in [0.5, 0.6) is 23.0 Å². The second-order valence-corrected chi connectivity index (χ2v) is 7.31. The van der Waals surface area contributed by atoms with E-state index in [9.17, 15) is 4.79 Å². The zero-order valence-electron chi connectivity index (χ0n) is 18.0. The van der Waals surface area contributed by atoms with Crippen LogP contribution in [0, 0.1) is 0 Å². The first-order chi connectivity index (χ1) is 15.0. The fourth-order valence-electron chi connectivity index (χ4n) is 2.82. The third kappa shape index (κ3) is 5.02. The summed E-state index contributed by atoms with van der Waals surface area (Å²) >= 11 is 1.40. The molecule has 3 aromatic rings. The van der Waals surface area contributed by atoms with Crippen molar-refractivity contribution in [1.29, 1.82) is 0 Å². The molecule has 0 aliphatic carbocycles. The molecule has 1 N–H and O–H groups in total. The lowest BCUT2D eigenvalue weighted by Crippen LogP contribution is -2.24. The van der Waals surface area contributed by atoms with Crippen molar-refractivity contribution in [3.05, 3.63) is 52.3 Å². The Labute approximate surface area is 184 Å². The summed E-state index contributed by atoms with van der Waals surface area (Å²) in [4.78, 5) is 12.8. The summed E-state index contributed by atoms with van der Waals surface area (Å²) in [6, 6.07) is 10.9. The van der Waals surface area contributed by atoms with Crippen LogP contribution in [0.4, 0.5) is 11.5 Å². The molecule has 0 aliphatic heterocycles. The topological polar surface area (TPSA) is 96.7 Å². The summed E-state index contributed by atoms with van der Waals surface area (Å²) in [6.07, 6.45) is 0. The van der Waals surface area contributed by atoms with Crippen LogP contribution in [-0.4, -0.2) is 43.2 Å². The van der Waals surface area contributed by atoms with Gasteiger partial charge in [0.25, 0.3) is 5.56 Å². The van der Waals surface area contributed by atoms with Gasteiger partial charge in [-0.25, -0.2) is 0 Å². The van der Waals surface area contributed by atoms with E-state index < -0.39 is 0 Å².